The molecule has 0 saturated carbocycles. The van der Waals surface area contributed by atoms with E-state index >= 15 is 0 Å². The van der Waals surface area contributed by atoms with E-state index in [9.17, 15) is 19.5 Å². The third kappa shape index (κ3) is 7.21. The minimum atomic E-state index is -0.950. The molecule has 0 aliphatic carbocycles. The number of amides is 1. The molecule has 0 heterocycles. The second kappa shape index (κ2) is 13.0. The fraction of sp³-hybridized carbons (Fsp3) is 0.400. The topological polar surface area (TPSA) is 111 Å². The maximum atomic E-state index is 11.9. The van der Waals surface area contributed by atoms with Gasteiger partial charge in [-0.15, -0.1) is 0 Å². The highest BCUT2D eigenvalue weighted by atomic mass is 79.9. The summed E-state index contributed by atoms with van der Waals surface area (Å²) in [5.41, 5.74) is 2.10. The van der Waals surface area contributed by atoms with Gasteiger partial charge in [0.15, 0.2) is 5.78 Å². The zero-order valence-corrected chi connectivity index (χ0v) is 21.4. The molecule has 1 amide bonds. The number of phenols is 1. The number of benzene rings is 2. The number of ketones is 1. The van der Waals surface area contributed by atoms with Crippen molar-refractivity contribution in [1.29, 1.82) is 0 Å². The van der Waals surface area contributed by atoms with Crippen LogP contribution in [0.5, 0.6) is 17.2 Å². The Morgan fingerprint density at radius 3 is 2.35 bits per heavy atom. The van der Waals surface area contributed by atoms with E-state index in [4.69, 9.17) is 14.2 Å². The molecule has 2 N–H and O–H groups in total. The molecule has 0 aliphatic rings. The number of hydrogen-bond donors (Lipinski definition) is 2. The lowest BCUT2D eigenvalue weighted by Crippen LogP contribution is -2.25. The van der Waals surface area contributed by atoms with Gasteiger partial charge in [0.1, 0.15) is 17.2 Å². The van der Waals surface area contributed by atoms with Crippen LogP contribution in [0.3, 0.4) is 0 Å². The fourth-order valence-electron chi connectivity index (χ4n) is 3.22. The monoisotopic (exact) mass is 535 g/mol. The SMILES string of the molecule is CCCc1c(OCCCOc2cc(NC(=O)C(=O)OCC)c(C)cc2Br)ccc(C(C)=O)c1O. The largest absolute Gasteiger partial charge is 0.507 e. The van der Waals surface area contributed by atoms with Gasteiger partial charge in [0.25, 0.3) is 0 Å². The summed E-state index contributed by atoms with van der Waals surface area (Å²) in [6, 6.07) is 6.69. The van der Waals surface area contributed by atoms with Gasteiger partial charge < -0.3 is 24.6 Å². The standard InChI is InChI=1S/C25H30BrNO7/c1-5-8-18-21(10-9-17(16(4)28)23(18)29)33-11-7-12-34-22-14-20(15(3)13-19(22)26)27-24(30)25(31)32-6-2/h9-10,13-14,29H,5-8,11-12H2,1-4H3,(H,27,30). The predicted octanol–water partition coefficient (Wildman–Crippen LogP) is 4.97. The Morgan fingerprint density at radius 1 is 1.06 bits per heavy atom. The first-order valence-electron chi connectivity index (χ1n) is 11.1. The number of aromatic hydroxyl groups is 1. The van der Waals surface area contributed by atoms with Crippen LogP contribution in [0.2, 0.25) is 0 Å². The van der Waals surface area contributed by atoms with Crippen molar-refractivity contribution in [3.8, 4) is 17.2 Å². The highest BCUT2D eigenvalue weighted by Crippen LogP contribution is 2.34. The first-order valence-corrected chi connectivity index (χ1v) is 11.9. The first kappa shape index (κ1) is 27.2. The van der Waals surface area contributed by atoms with Gasteiger partial charge in [-0.25, -0.2) is 4.79 Å². The van der Waals surface area contributed by atoms with Crippen molar-refractivity contribution < 1.29 is 33.7 Å². The molecule has 0 radical (unpaired) electrons. The number of anilines is 1. The van der Waals surface area contributed by atoms with Gasteiger partial charge in [0, 0.05) is 23.7 Å². The highest BCUT2D eigenvalue weighted by Gasteiger charge is 2.18. The zero-order valence-electron chi connectivity index (χ0n) is 19.8. The Kier molecular flexibility index (Phi) is 10.4. The summed E-state index contributed by atoms with van der Waals surface area (Å²) in [4.78, 5) is 35.2. The third-order valence-electron chi connectivity index (χ3n) is 4.91. The maximum Gasteiger partial charge on any atom is 0.397 e. The van der Waals surface area contributed by atoms with Gasteiger partial charge in [-0.3, -0.25) is 9.59 Å². The van der Waals surface area contributed by atoms with Crippen LogP contribution in [-0.2, 0) is 20.7 Å². The van der Waals surface area contributed by atoms with Crippen LogP contribution in [0, 0.1) is 6.92 Å². The minimum Gasteiger partial charge on any atom is -0.507 e. The van der Waals surface area contributed by atoms with Crippen molar-refractivity contribution in [2.75, 3.05) is 25.1 Å². The van der Waals surface area contributed by atoms with Crippen LogP contribution in [0.1, 0.15) is 55.1 Å². The Bertz CT molecular complexity index is 1050. The summed E-state index contributed by atoms with van der Waals surface area (Å²) >= 11 is 3.44. The molecule has 34 heavy (non-hydrogen) atoms. The molecule has 184 valence electrons. The van der Waals surface area contributed by atoms with Crippen LogP contribution < -0.4 is 14.8 Å². The van der Waals surface area contributed by atoms with Crippen molar-refractivity contribution >= 4 is 39.3 Å². The van der Waals surface area contributed by atoms with Gasteiger partial charge in [0.2, 0.25) is 0 Å². The van der Waals surface area contributed by atoms with E-state index < -0.39 is 11.9 Å². The summed E-state index contributed by atoms with van der Waals surface area (Å²) in [6.07, 6.45) is 1.94. The molecule has 2 rings (SSSR count). The molecule has 0 spiro atoms. The Hall–Kier alpha value is -3.07. The highest BCUT2D eigenvalue weighted by molar-refractivity contribution is 9.10. The van der Waals surface area contributed by atoms with E-state index in [1.165, 1.54) is 6.92 Å². The number of carbonyl (C=O) groups is 3. The molecular formula is C25H30BrNO7. The van der Waals surface area contributed by atoms with E-state index in [1.54, 1.807) is 38.1 Å². The molecule has 0 aliphatic heterocycles. The Morgan fingerprint density at radius 2 is 1.74 bits per heavy atom. The molecule has 0 saturated heterocycles. The number of aryl methyl sites for hydroxylation is 1. The molecule has 9 heteroatoms. The molecule has 0 unspecified atom stereocenters. The third-order valence-corrected chi connectivity index (χ3v) is 5.53. The predicted molar refractivity (Wildman–Crippen MR) is 132 cm³/mol. The van der Waals surface area contributed by atoms with Crippen LogP contribution in [0.25, 0.3) is 0 Å². The van der Waals surface area contributed by atoms with Crippen LogP contribution in [-0.4, -0.2) is 42.6 Å². The molecule has 0 aromatic heterocycles. The molecule has 0 atom stereocenters. The summed E-state index contributed by atoms with van der Waals surface area (Å²) < 4.78 is 17.1. The first-order chi connectivity index (χ1) is 16.2. The number of Topliss-reactive ketones (excluding diaryl/α,β-unsaturated/α-hetero) is 1. The molecule has 8 nitrogen and oxygen atoms in total. The van der Waals surface area contributed by atoms with E-state index in [0.29, 0.717) is 53.3 Å². The number of ether oxygens (including phenoxy) is 3. The van der Waals surface area contributed by atoms with Gasteiger partial charge in [-0.1, -0.05) is 13.3 Å². The van der Waals surface area contributed by atoms with E-state index in [0.717, 1.165) is 12.0 Å². The Labute approximate surface area is 207 Å². The maximum absolute atomic E-state index is 11.9. The number of hydrogen-bond acceptors (Lipinski definition) is 7. The molecule has 0 bridgehead atoms. The lowest BCUT2D eigenvalue weighted by molar-refractivity contribution is -0.152. The Balaban J connectivity index is 1.98. The number of rotatable bonds is 11. The minimum absolute atomic E-state index is 0.0240. The van der Waals surface area contributed by atoms with Gasteiger partial charge in [-0.05, 0) is 66.9 Å². The lowest BCUT2D eigenvalue weighted by Gasteiger charge is -2.15. The van der Waals surface area contributed by atoms with Crippen molar-refractivity contribution in [3.63, 3.8) is 0 Å². The van der Waals surface area contributed by atoms with Crippen molar-refractivity contribution in [2.45, 2.75) is 47.0 Å². The number of nitrogens with one attached hydrogen (secondary N) is 1. The van der Waals surface area contributed by atoms with Crippen molar-refractivity contribution in [1.82, 2.24) is 0 Å². The van der Waals surface area contributed by atoms with Crippen LogP contribution >= 0.6 is 15.9 Å². The molecular weight excluding hydrogens is 506 g/mol. The normalized spacial score (nSPS) is 10.5. The van der Waals surface area contributed by atoms with E-state index in [-0.39, 0.29) is 23.7 Å². The molecule has 2 aromatic rings. The fourth-order valence-corrected chi connectivity index (χ4v) is 3.79. The second-order valence-corrected chi connectivity index (χ2v) is 8.42. The van der Waals surface area contributed by atoms with Crippen LogP contribution in [0.15, 0.2) is 28.7 Å². The van der Waals surface area contributed by atoms with E-state index in [2.05, 4.69) is 21.2 Å². The van der Waals surface area contributed by atoms with Crippen molar-refractivity contribution in [3.05, 3.63) is 45.4 Å². The van der Waals surface area contributed by atoms with Gasteiger partial charge >= 0.3 is 11.9 Å². The number of halogens is 1. The number of esters is 1. The summed E-state index contributed by atoms with van der Waals surface area (Å²) in [5.74, 6) is -0.979. The smallest absolute Gasteiger partial charge is 0.397 e. The zero-order chi connectivity index (χ0) is 25.3. The van der Waals surface area contributed by atoms with Crippen molar-refractivity contribution in [2.24, 2.45) is 0 Å². The number of carbonyl (C=O) groups excluding carboxylic acids is 3. The summed E-state index contributed by atoms with van der Waals surface area (Å²) in [7, 11) is 0. The number of phenolic OH excluding ortho intramolecular Hbond substituents is 1. The summed E-state index contributed by atoms with van der Waals surface area (Å²) in [5, 5.41) is 13.0. The molecule has 2 aromatic carbocycles. The average molecular weight is 536 g/mol. The quantitative estimate of drug-likeness (QED) is 0.181. The second-order valence-electron chi connectivity index (χ2n) is 7.57. The molecule has 0 fully saturated rings. The summed E-state index contributed by atoms with van der Waals surface area (Å²) in [6.45, 7) is 7.60. The van der Waals surface area contributed by atoms with E-state index in [1.807, 2.05) is 6.92 Å². The lowest BCUT2D eigenvalue weighted by atomic mass is 10.0. The van der Waals surface area contributed by atoms with Gasteiger partial charge in [0.05, 0.1) is 29.9 Å². The average Bonchev–Trinajstić information content (AvgIpc) is 2.78. The van der Waals surface area contributed by atoms with Crippen LogP contribution in [0.4, 0.5) is 5.69 Å². The van der Waals surface area contributed by atoms with Gasteiger partial charge in [-0.2, -0.15) is 0 Å².